The van der Waals surface area contributed by atoms with Gasteiger partial charge >= 0.3 is 0 Å². The highest BCUT2D eigenvalue weighted by Crippen LogP contribution is 2.38. The summed E-state index contributed by atoms with van der Waals surface area (Å²) in [6, 6.07) is 4.18. The summed E-state index contributed by atoms with van der Waals surface area (Å²) in [6.45, 7) is 7.98. The lowest BCUT2D eigenvalue weighted by Crippen LogP contribution is -2.35. The summed E-state index contributed by atoms with van der Waals surface area (Å²) in [7, 11) is 0. The van der Waals surface area contributed by atoms with Crippen molar-refractivity contribution in [3.63, 3.8) is 0 Å². The van der Waals surface area contributed by atoms with Crippen LogP contribution in [0.2, 0.25) is 0 Å². The van der Waals surface area contributed by atoms with Gasteiger partial charge in [0, 0.05) is 29.9 Å². The normalized spacial score (nSPS) is 15.8. The Kier molecular flexibility index (Phi) is 3.38. The van der Waals surface area contributed by atoms with E-state index in [1.54, 1.807) is 0 Å². The van der Waals surface area contributed by atoms with Crippen LogP contribution in [0.25, 0.3) is 0 Å². The summed E-state index contributed by atoms with van der Waals surface area (Å²) in [5.74, 6) is 2.11. The van der Waals surface area contributed by atoms with Gasteiger partial charge in [-0.05, 0) is 45.7 Å². The first-order chi connectivity index (χ1) is 9.51. The zero-order chi connectivity index (χ0) is 14.2. The van der Waals surface area contributed by atoms with E-state index in [0.29, 0.717) is 18.4 Å². The van der Waals surface area contributed by atoms with Crippen LogP contribution in [0.3, 0.4) is 0 Å². The minimum Gasteiger partial charge on any atom is -0.341 e. The molecule has 3 rings (SSSR count). The van der Waals surface area contributed by atoms with Crippen LogP contribution in [0, 0.1) is 0 Å². The van der Waals surface area contributed by atoms with Gasteiger partial charge in [0.1, 0.15) is 6.54 Å². The predicted molar refractivity (Wildman–Crippen MR) is 76.4 cm³/mol. The molecule has 108 valence electrons. The third-order valence-electron chi connectivity index (χ3n) is 3.46. The average Bonchev–Trinajstić information content (AvgIpc) is 2.96. The number of aromatic nitrogens is 3. The zero-order valence-corrected chi connectivity index (χ0v) is 12.4. The largest absolute Gasteiger partial charge is 0.341 e. The summed E-state index contributed by atoms with van der Waals surface area (Å²) < 4.78 is 7.49. The fourth-order valence-electron chi connectivity index (χ4n) is 2.11. The smallest absolute Gasteiger partial charge is 0.246 e. The Morgan fingerprint density at radius 3 is 2.90 bits per heavy atom. The van der Waals surface area contributed by atoms with E-state index in [-0.39, 0.29) is 5.54 Å². The molecule has 1 saturated carbocycles. The van der Waals surface area contributed by atoms with Gasteiger partial charge < -0.3 is 14.4 Å². The highest BCUT2D eigenvalue weighted by molar-refractivity contribution is 5.09. The van der Waals surface area contributed by atoms with Crippen molar-refractivity contribution in [3.8, 4) is 0 Å². The highest BCUT2D eigenvalue weighted by atomic mass is 16.5. The molecule has 5 nitrogen and oxygen atoms in total. The lowest BCUT2D eigenvalue weighted by molar-refractivity contribution is 0.362. The van der Waals surface area contributed by atoms with Gasteiger partial charge in [-0.15, -0.1) is 0 Å². The molecule has 0 unspecified atom stereocenters. The zero-order valence-electron chi connectivity index (χ0n) is 12.4. The second-order valence-electron chi connectivity index (χ2n) is 6.55. The van der Waals surface area contributed by atoms with Crippen molar-refractivity contribution in [2.24, 2.45) is 0 Å². The molecule has 0 saturated heterocycles. The number of hydrogen-bond donors (Lipinski definition) is 1. The fraction of sp³-hybridized carbons (Fsp3) is 0.600. The highest BCUT2D eigenvalue weighted by Gasteiger charge is 2.28. The van der Waals surface area contributed by atoms with Gasteiger partial charge in [-0.25, -0.2) is 0 Å². The van der Waals surface area contributed by atoms with Crippen molar-refractivity contribution in [1.82, 2.24) is 20.0 Å². The Balaban J connectivity index is 1.66. The van der Waals surface area contributed by atoms with Crippen molar-refractivity contribution in [2.45, 2.75) is 58.2 Å². The Labute approximate surface area is 119 Å². The van der Waals surface area contributed by atoms with Crippen LogP contribution in [0.4, 0.5) is 0 Å². The lowest BCUT2D eigenvalue weighted by Gasteiger charge is -2.21. The molecule has 1 N–H and O–H groups in total. The SMILES string of the molecule is CC(C)(C)NCc1cccn1Cc1nc(C2CC2)no1. The maximum atomic E-state index is 5.34. The molecule has 2 heterocycles. The number of nitrogens with one attached hydrogen (secondary N) is 1. The van der Waals surface area contributed by atoms with Gasteiger partial charge in [0.05, 0.1) is 0 Å². The fourth-order valence-corrected chi connectivity index (χ4v) is 2.11. The quantitative estimate of drug-likeness (QED) is 0.910. The van der Waals surface area contributed by atoms with Gasteiger partial charge in [0.15, 0.2) is 5.82 Å². The Hall–Kier alpha value is -1.62. The molecule has 1 aliphatic rings. The molecule has 0 amide bonds. The Bertz CT molecular complexity index is 575. The van der Waals surface area contributed by atoms with Gasteiger partial charge in [-0.1, -0.05) is 5.16 Å². The molecule has 0 aromatic carbocycles. The Morgan fingerprint density at radius 1 is 1.40 bits per heavy atom. The molecule has 0 bridgehead atoms. The summed E-state index contributed by atoms with van der Waals surface area (Å²) in [5.41, 5.74) is 1.34. The summed E-state index contributed by atoms with van der Waals surface area (Å²) in [4.78, 5) is 4.48. The molecule has 0 atom stereocenters. The third kappa shape index (κ3) is 3.28. The van der Waals surface area contributed by atoms with Crippen LogP contribution in [0.1, 0.15) is 56.9 Å². The van der Waals surface area contributed by atoms with Crippen LogP contribution in [0.15, 0.2) is 22.9 Å². The summed E-state index contributed by atoms with van der Waals surface area (Å²) in [6.07, 6.45) is 4.45. The standard InChI is InChI=1S/C15H22N4O/c1-15(2,3)16-9-12-5-4-8-19(12)10-13-17-14(18-20-13)11-6-7-11/h4-5,8,11,16H,6-7,9-10H2,1-3H3. The van der Waals surface area contributed by atoms with Crippen LogP contribution in [-0.2, 0) is 13.1 Å². The monoisotopic (exact) mass is 274 g/mol. The third-order valence-corrected chi connectivity index (χ3v) is 3.46. The van der Waals surface area contributed by atoms with Crippen molar-refractivity contribution < 1.29 is 4.52 Å². The lowest BCUT2D eigenvalue weighted by atomic mass is 10.1. The van der Waals surface area contributed by atoms with E-state index in [1.165, 1.54) is 18.5 Å². The minimum atomic E-state index is 0.110. The first kappa shape index (κ1) is 13.4. The van der Waals surface area contributed by atoms with E-state index in [0.717, 1.165) is 12.4 Å². The van der Waals surface area contributed by atoms with E-state index in [4.69, 9.17) is 4.52 Å². The molecule has 0 radical (unpaired) electrons. The molecule has 2 aromatic heterocycles. The van der Waals surface area contributed by atoms with E-state index in [9.17, 15) is 0 Å². The van der Waals surface area contributed by atoms with Crippen LogP contribution in [-0.4, -0.2) is 20.2 Å². The molecule has 0 spiro atoms. The van der Waals surface area contributed by atoms with Crippen LogP contribution in [0.5, 0.6) is 0 Å². The van der Waals surface area contributed by atoms with Crippen molar-refractivity contribution in [2.75, 3.05) is 0 Å². The molecule has 5 heteroatoms. The van der Waals surface area contributed by atoms with Crippen molar-refractivity contribution >= 4 is 0 Å². The molecule has 1 aliphatic carbocycles. The number of nitrogens with zero attached hydrogens (tertiary/aromatic N) is 3. The molecule has 1 fully saturated rings. The molecule has 0 aliphatic heterocycles. The Morgan fingerprint density at radius 2 is 2.20 bits per heavy atom. The first-order valence-corrected chi connectivity index (χ1v) is 7.23. The average molecular weight is 274 g/mol. The first-order valence-electron chi connectivity index (χ1n) is 7.23. The molecule has 20 heavy (non-hydrogen) atoms. The molecule has 2 aromatic rings. The van der Waals surface area contributed by atoms with Gasteiger partial charge in [0.2, 0.25) is 5.89 Å². The second-order valence-corrected chi connectivity index (χ2v) is 6.55. The van der Waals surface area contributed by atoms with Gasteiger partial charge in [-0.3, -0.25) is 0 Å². The topological polar surface area (TPSA) is 55.9 Å². The predicted octanol–water partition coefficient (Wildman–Crippen LogP) is 2.68. The number of hydrogen-bond acceptors (Lipinski definition) is 4. The molecular weight excluding hydrogens is 252 g/mol. The van der Waals surface area contributed by atoms with Gasteiger partial charge in [0.25, 0.3) is 0 Å². The van der Waals surface area contributed by atoms with Crippen molar-refractivity contribution in [1.29, 1.82) is 0 Å². The maximum Gasteiger partial charge on any atom is 0.246 e. The van der Waals surface area contributed by atoms with E-state index in [2.05, 4.69) is 59.1 Å². The van der Waals surface area contributed by atoms with Crippen molar-refractivity contribution in [3.05, 3.63) is 35.7 Å². The second kappa shape index (κ2) is 5.05. The summed E-state index contributed by atoms with van der Waals surface area (Å²) in [5, 5.41) is 7.55. The molecular formula is C15H22N4O. The van der Waals surface area contributed by atoms with Crippen LogP contribution < -0.4 is 5.32 Å². The van der Waals surface area contributed by atoms with E-state index < -0.39 is 0 Å². The van der Waals surface area contributed by atoms with Gasteiger partial charge in [-0.2, -0.15) is 4.98 Å². The number of rotatable bonds is 5. The maximum absolute atomic E-state index is 5.34. The van der Waals surface area contributed by atoms with E-state index in [1.807, 2.05) is 0 Å². The summed E-state index contributed by atoms with van der Waals surface area (Å²) >= 11 is 0. The van der Waals surface area contributed by atoms with Crippen LogP contribution >= 0.6 is 0 Å². The minimum absolute atomic E-state index is 0.110. The van der Waals surface area contributed by atoms with E-state index >= 15 is 0 Å².